The minimum atomic E-state index is -0.0398. The van der Waals surface area contributed by atoms with Crippen molar-refractivity contribution in [1.82, 2.24) is 10.1 Å². The maximum Gasteiger partial charge on any atom is 0.226 e. The smallest absolute Gasteiger partial charge is 0.226 e. The number of nitrogens with zero attached hydrogens (tertiary/aromatic N) is 2. The third-order valence-corrected chi connectivity index (χ3v) is 3.03. The van der Waals surface area contributed by atoms with E-state index in [4.69, 9.17) is 9.26 Å². The summed E-state index contributed by atoms with van der Waals surface area (Å²) in [6.07, 6.45) is 0.455. The predicted molar refractivity (Wildman–Crippen MR) is 66.3 cm³/mol. The number of amides is 1. The first-order valence-electron chi connectivity index (χ1n) is 6.20. The van der Waals surface area contributed by atoms with Crippen molar-refractivity contribution in [3.05, 3.63) is 11.8 Å². The predicted octanol–water partition coefficient (Wildman–Crippen LogP) is 1.03. The minimum Gasteiger partial charge on any atom is -0.379 e. The molecule has 1 N–H and O–H groups in total. The average molecular weight is 253 g/mol. The number of nitrogens with one attached hydrogen (secondary N) is 1. The monoisotopic (exact) mass is 253 g/mol. The normalized spacial score (nSPS) is 20.9. The van der Waals surface area contributed by atoms with Gasteiger partial charge in [0.05, 0.1) is 13.2 Å². The molecule has 1 amide bonds. The molecule has 2 heterocycles. The van der Waals surface area contributed by atoms with Gasteiger partial charge in [-0.05, 0) is 13.8 Å². The van der Waals surface area contributed by atoms with Crippen molar-refractivity contribution in [3.63, 3.8) is 0 Å². The zero-order chi connectivity index (χ0) is 13.0. The van der Waals surface area contributed by atoms with Gasteiger partial charge < -0.3 is 14.6 Å². The number of ether oxygens (including phenoxy) is 1. The zero-order valence-electron chi connectivity index (χ0n) is 10.8. The number of carbonyl (C=O) groups is 1. The molecule has 0 saturated carbocycles. The number of aryl methyl sites for hydroxylation is 1. The molecule has 0 spiro atoms. The van der Waals surface area contributed by atoms with Crippen molar-refractivity contribution in [2.24, 2.45) is 0 Å². The van der Waals surface area contributed by atoms with Gasteiger partial charge in [0, 0.05) is 31.6 Å². The first kappa shape index (κ1) is 13.0. The van der Waals surface area contributed by atoms with E-state index in [0.29, 0.717) is 24.0 Å². The zero-order valence-corrected chi connectivity index (χ0v) is 10.8. The lowest BCUT2D eigenvalue weighted by molar-refractivity contribution is -0.117. The van der Waals surface area contributed by atoms with E-state index in [0.717, 1.165) is 26.3 Å². The molecule has 0 radical (unpaired) electrons. The van der Waals surface area contributed by atoms with Crippen LogP contribution in [0.25, 0.3) is 0 Å². The standard InChI is InChI=1S/C12H19N3O3/c1-9-8-17-6-5-15(9)4-3-12(16)13-11-7-10(2)18-14-11/h7,9H,3-6,8H2,1-2H3,(H,13,14,16)/t9-/m1/s1. The maximum atomic E-state index is 11.7. The topological polar surface area (TPSA) is 67.6 Å². The molecule has 6 nitrogen and oxygen atoms in total. The maximum absolute atomic E-state index is 11.7. The molecule has 1 aliphatic heterocycles. The lowest BCUT2D eigenvalue weighted by Crippen LogP contribution is -2.44. The van der Waals surface area contributed by atoms with Crippen LogP contribution < -0.4 is 5.32 Å². The van der Waals surface area contributed by atoms with E-state index in [1.807, 2.05) is 0 Å². The van der Waals surface area contributed by atoms with E-state index in [-0.39, 0.29) is 5.91 Å². The summed E-state index contributed by atoms with van der Waals surface area (Å²) in [6.45, 7) is 7.01. The Kier molecular flexibility index (Phi) is 4.33. The molecule has 1 aromatic heterocycles. The molecule has 0 aromatic carbocycles. The molecule has 100 valence electrons. The molecule has 18 heavy (non-hydrogen) atoms. The Labute approximate surface area is 106 Å². The van der Waals surface area contributed by atoms with Crippen LogP contribution >= 0.6 is 0 Å². The molecule has 0 unspecified atom stereocenters. The summed E-state index contributed by atoms with van der Waals surface area (Å²) in [6, 6.07) is 2.08. The number of morpholine rings is 1. The molecule has 1 atom stereocenters. The van der Waals surface area contributed by atoms with Gasteiger partial charge in [-0.25, -0.2) is 0 Å². The van der Waals surface area contributed by atoms with E-state index >= 15 is 0 Å². The first-order chi connectivity index (χ1) is 8.65. The van der Waals surface area contributed by atoms with Gasteiger partial charge in [0.15, 0.2) is 5.82 Å². The highest BCUT2D eigenvalue weighted by Crippen LogP contribution is 2.09. The average Bonchev–Trinajstić information content (AvgIpc) is 2.74. The van der Waals surface area contributed by atoms with Crippen molar-refractivity contribution < 1.29 is 14.1 Å². The summed E-state index contributed by atoms with van der Waals surface area (Å²) in [7, 11) is 0. The van der Waals surface area contributed by atoms with E-state index in [1.54, 1.807) is 13.0 Å². The third-order valence-electron chi connectivity index (χ3n) is 3.03. The van der Waals surface area contributed by atoms with Crippen LogP contribution in [-0.2, 0) is 9.53 Å². The third kappa shape index (κ3) is 3.54. The summed E-state index contributed by atoms with van der Waals surface area (Å²) < 4.78 is 10.2. The van der Waals surface area contributed by atoms with Crippen molar-refractivity contribution in [2.75, 3.05) is 31.6 Å². The van der Waals surface area contributed by atoms with Crippen LogP contribution in [0.1, 0.15) is 19.1 Å². The molecular formula is C12H19N3O3. The van der Waals surface area contributed by atoms with Gasteiger partial charge >= 0.3 is 0 Å². The Morgan fingerprint density at radius 3 is 3.17 bits per heavy atom. The van der Waals surface area contributed by atoms with Crippen LogP contribution in [0.5, 0.6) is 0 Å². The van der Waals surface area contributed by atoms with Gasteiger partial charge in [-0.1, -0.05) is 5.16 Å². The van der Waals surface area contributed by atoms with Crippen LogP contribution in [0.15, 0.2) is 10.6 Å². The Morgan fingerprint density at radius 2 is 2.50 bits per heavy atom. The van der Waals surface area contributed by atoms with Crippen LogP contribution in [0.4, 0.5) is 5.82 Å². The van der Waals surface area contributed by atoms with Crippen LogP contribution in [-0.4, -0.2) is 48.3 Å². The summed E-state index contributed by atoms with van der Waals surface area (Å²) in [5.41, 5.74) is 0. The van der Waals surface area contributed by atoms with Crippen molar-refractivity contribution >= 4 is 11.7 Å². The lowest BCUT2D eigenvalue weighted by atomic mass is 10.2. The number of carbonyl (C=O) groups excluding carboxylic acids is 1. The summed E-state index contributed by atoms with van der Waals surface area (Å²) in [4.78, 5) is 14.0. The van der Waals surface area contributed by atoms with Gasteiger partial charge in [-0.3, -0.25) is 9.69 Å². The minimum absolute atomic E-state index is 0.0398. The fraction of sp³-hybridized carbons (Fsp3) is 0.667. The van der Waals surface area contributed by atoms with Gasteiger partial charge in [-0.2, -0.15) is 0 Å². The molecule has 6 heteroatoms. The van der Waals surface area contributed by atoms with Crippen molar-refractivity contribution in [2.45, 2.75) is 26.3 Å². The highest BCUT2D eigenvalue weighted by molar-refractivity contribution is 5.89. The summed E-state index contributed by atoms with van der Waals surface area (Å²) in [5.74, 6) is 1.13. The van der Waals surface area contributed by atoms with Gasteiger partial charge in [0.1, 0.15) is 5.76 Å². The van der Waals surface area contributed by atoms with Crippen LogP contribution in [0.2, 0.25) is 0 Å². The largest absolute Gasteiger partial charge is 0.379 e. The number of hydrogen-bond acceptors (Lipinski definition) is 5. The Hall–Kier alpha value is -1.40. The van der Waals surface area contributed by atoms with Crippen LogP contribution in [0, 0.1) is 6.92 Å². The van der Waals surface area contributed by atoms with Gasteiger partial charge in [0.2, 0.25) is 5.91 Å². The molecule has 1 fully saturated rings. The van der Waals surface area contributed by atoms with E-state index in [1.165, 1.54) is 0 Å². The molecular weight excluding hydrogens is 234 g/mol. The van der Waals surface area contributed by atoms with Crippen molar-refractivity contribution in [3.8, 4) is 0 Å². The van der Waals surface area contributed by atoms with Crippen molar-refractivity contribution in [1.29, 1.82) is 0 Å². The van der Waals surface area contributed by atoms with Gasteiger partial charge in [-0.15, -0.1) is 0 Å². The number of anilines is 1. The quantitative estimate of drug-likeness (QED) is 0.868. The first-order valence-corrected chi connectivity index (χ1v) is 6.20. The Morgan fingerprint density at radius 1 is 1.67 bits per heavy atom. The molecule has 0 bridgehead atoms. The number of rotatable bonds is 4. The van der Waals surface area contributed by atoms with E-state index in [9.17, 15) is 4.79 Å². The Balaban J connectivity index is 1.74. The lowest BCUT2D eigenvalue weighted by Gasteiger charge is -2.32. The van der Waals surface area contributed by atoms with Gasteiger partial charge in [0.25, 0.3) is 0 Å². The molecule has 1 aromatic rings. The van der Waals surface area contributed by atoms with E-state index in [2.05, 4.69) is 22.3 Å². The fourth-order valence-corrected chi connectivity index (χ4v) is 1.97. The Bertz CT molecular complexity index is 405. The molecule has 2 rings (SSSR count). The number of hydrogen-bond donors (Lipinski definition) is 1. The van der Waals surface area contributed by atoms with E-state index < -0.39 is 0 Å². The fourth-order valence-electron chi connectivity index (χ4n) is 1.97. The highest BCUT2D eigenvalue weighted by Gasteiger charge is 2.19. The summed E-state index contributed by atoms with van der Waals surface area (Å²) in [5, 5.41) is 6.44. The second-order valence-electron chi connectivity index (χ2n) is 4.58. The SMILES string of the molecule is Cc1cc(NC(=O)CCN2CCOC[C@H]2C)no1. The highest BCUT2D eigenvalue weighted by atomic mass is 16.5. The molecule has 0 aliphatic carbocycles. The number of aromatic nitrogens is 1. The second-order valence-corrected chi connectivity index (χ2v) is 4.58. The second kappa shape index (κ2) is 5.97. The molecule has 1 aliphatic rings. The van der Waals surface area contributed by atoms with Crippen LogP contribution in [0.3, 0.4) is 0 Å². The molecule has 1 saturated heterocycles. The summed E-state index contributed by atoms with van der Waals surface area (Å²) >= 11 is 0.